The van der Waals surface area contributed by atoms with Crippen LogP contribution < -0.4 is 0 Å². The highest BCUT2D eigenvalue weighted by molar-refractivity contribution is 5.83. The van der Waals surface area contributed by atoms with Crippen molar-refractivity contribution in [1.29, 1.82) is 0 Å². The van der Waals surface area contributed by atoms with E-state index in [-0.39, 0.29) is 24.0 Å². The molecule has 0 aromatic carbocycles. The molecule has 2 unspecified atom stereocenters. The molecule has 5 nitrogen and oxygen atoms in total. The molecule has 2 aliphatic rings. The Morgan fingerprint density at radius 2 is 2.05 bits per heavy atom. The number of hydrogen-bond acceptors (Lipinski definition) is 4. The quantitative estimate of drug-likeness (QED) is 0.539. The van der Waals surface area contributed by atoms with Gasteiger partial charge in [-0.25, -0.2) is 9.59 Å². The van der Waals surface area contributed by atoms with Crippen molar-refractivity contribution in [3.63, 3.8) is 0 Å². The van der Waals surface area contributed by atoms with Gasteiger partial charge in [0, 0.05) is 24.6 Å². The fourth-order valence-electron chi connectivity index (χ4n) is 2.75. The molecule has 5 heteroatoms. The zero-order valence-electron chi connectivity index (χ0n) is 11.9. The van der Waals surface area contributed by atoms with Crippen LogP contribution in [0.25, 0.3) is 0 Å². The number of carbonyl (C=O) groups is 2. The minimum absolute atomic E-state index is 0.163. The van der Waals surface area contributed by atoms with Gasteiger partial charge in [-0.15, -0.1) is 0 Å². The van der Waals surface area contributed by atoms with Gasteiger partial charge in [0.1, 0.15) is 5.60 Å². The number of ether oxygens (including phenoxy) is 2. The van der Waals surface area contributed by atoms with Crippen LogP contribution in [0.4, 0.5) is 4.79 Å². The van der Waals surface area contributed by atoms with Crippen LogP contribution >= 0.6 is 0 Å². The monoisotopic (exact) mass is 267 g/mol. The van der Waals surface area contributed by atoms with E-state index in [9.17, 15) is 9.59 Å². The summed E-state index contributed by atoms with van der Waals surface area (Å²) in [6, 6.07) is 0.163. The van der Waals surface area contributed by atoms with Gasteiger partial charge in [0.05, 0.1) is 7.11 Å². The van der Waals surface area contributed by atoms with E-state index in [4.69, 9.17) is 4.74 Å². The molecule has 0 aromatic heterocycles. The van der Waals surface area contributed by atoms with Gasteiger partial charge in [-0.2, -0.15) is 0 Å². The van der Waals surface area contributed by atoms with E-state index in [1.54, 1.807) is 11.0 Å². The number of piperidine rings is 1. The van der Waals surface area contributed by atoms with Crippen molar-refractivity contribution in [3.05, 3.63) is 11.6 Å². The van der Waals surface area contributed by atoms with E-state index in [0.717, 1.165) is 18.4 Å². The molecule has 2 rings (SSSR count). The van der Waals surface area contributed by atoms with Crippen LogP contribution in [0.1, 0.15) is 33.6 Å². The van der Waals surface area contributed by atoms with E-state index in [2.05, 4.69) is 4.74 Å². The van der Waals surface area contributed by atoms with E-state index in [1.165, 1.54) is 7.11 Å². The van der Waals surface area contributed by atoms with Crippen LogP contribution in [0.3, 0.4) is 0 Å². The third-order valence-electron chi connectivity index (χ3n) is 3.54. The Morgan fingerprint density at radius 1 is 1.37 bits per heavy atom. The summed E-state index contributed by atoms with van der Waals surface area (Å²) in [6.07, 6.45) is 2.98. The van der Waals surface area contributed by atoms with Crippen LogP contribution in [0, 0.1) is 5.92 Å². The molecule has 0 N–H and O–H groups in total. The van der Waals surface area contributed by atoms with Crippen LogP contribution in [0.2, 0.25) is 0 Å². The number of rotatable bonds is 1. The van der Waals surface area contributed by atoms with Crippen LogP contribution in [-0.2, 0) is 14.3 Å². The molecule has 1 amide bonds. The Balaban J connectivity index is 1.98. The van der Waals surface area contributed by atoms with E-state index in [0.29, 0.717) is 6.54 Å². The van der Waals surface area contributed by atoms with E-state index < -0.39 is 5.60 Å². The number of likely N-dealkylation sites (tertiary alicyclic amines) is 1. The molecule has 0 radical (unpaired) electrons. The fraction of sp³-hybridized carbons (Fsp3) is 0.714. The zero-order chi connectivity index (χ0) is 14.2. The Labute approximate surface area is 113 Å². The highest BCUT2D eigenvalue weighted by Crippen LogP contribution is 2.42. The Morgan fingerprint density at radius 3 is 2.53 bits per heavy atom. The molecule has 1 saturated carbocycles. The second-order valence-corrected chi connectivity index (χ2v) is 6.17. The lowest BCUT2D eigenvalue weighted by atomic mass is 10.0. The summed E-state index contributed by atoms with van der Waals surface area (Å²) < 4.78 is 10.0. The first kappa shape index (κ1) is 13.9. The van der Waals surface area contributed by atoms with Crippen molar-refractivity contribution < 1.29 is 19.1 Å². The molecule has 0 spiro atoms. The third-order valence-corrected chi connectivity index (χ3v) is 3.54. The van der Waals surface area contributed by atoms with Crippen LogP contribution in [0.5, 0.6) is 0 Å². The highest BCUT2D eigenvalue weighted by atomic mass is 16.6. The van der Waals surface area contributed by atoms with Crippen LogP contribution in [-0.4, -0.2) is 42.3 Å². The van der Waals surface area contributed by atoms with Crippen LogP contribution in [0.15, 0.2) is 11.6 Å². The largest absolute Gasteiger partial charge is 0.466 e. The predicted molar refractivity (Wildman–Crippen MR) is 69.6 cm³/mol. The second kappa shape index (κ2) is 4.87. The summed E-state index contributed by atoms with van der Waals surface area (Å²) in [4.78, 5) is 25.1. The zero-order valence-corrected chi connectivity index (χ0v) is 11.9. The number of nitrogens with zero attached hydrogens (tertiary/aromatic N) is 1. The van der Waals surface area contributed by atoms with Gasteiger partial charge in [-0.1, -0.05) is 5.57 Å². The summed E-state index contributed by atoms with van der Waals surface area (Å²) in [5.74, 6) is -0.0389. The van der Waals surface area contributed by atoms with Gasteiger partial charge in [0.25, 0.3) is 0 Å². The van der Waals surface area contributed by atoms with Crippen molar-refractivity contribution in [2.24, 2.45) is 5.92 Å². The van der Waals surface area contributed by atoms with E-state index in [1.807, 2.05) is 20.8 Å². The lowest BCUT2D eigenvalue weighted by Crippen LogP contribution is -2.41. The van der Waals surface area contributed by atoms with Gasteiger partial charge in [0.2, 0.25) is 0 Å². The summed E-state index contributed by atoms with van der Waals surface area (Å²) in [7, 11) is 1.37. The van der Waals surface area contributed by atoms with E-state index >= 15 is 0 Å². The Kier molecular flexibility index (Phi) is 3.56. The normalized spacial score (nSPS) is 27.8. The number of fused-ring (bicyclic) bond motifs is 2. The average Bonchev–Trinajstić information content (AvgIpc) is 2.85. The molecule has 1 aliphatic carbocycles. The van der Waals surface area contributed by atoms with Crippen molar-refractivity contribution in [1.82, 2.24) is 4.90 Å². The van der Waals surface area contributed by atoms with Gasteiger partial charge >= 0.3 is 12.1 Å². The summed E-state index contributed by atoms with van der Waals surface area (Å²) in [5, 5.41) is 0. The maximum atomic E-state index is 12.0. The van der Waals surface area contributed by atoms with Crippen molar-refractivity contribution in [2.75, 3.05) is 13.7 Å². The maximum Gasteiger partial charge on any atom is 0.410 e. The Hall–Kier alpha value is -1.52. The second-order valence-electron chi connectivity index (χ2n) is 6.17. The number of esters is 1. The number of amides is 1. The first-order chi connectivity index (χ1) is 8.80. The molecular formula is C14H21NO4. The minimum Gasteiger partial charge on any atom is -0.466 e. The molecule has 106 valence electrons. The van der Waals surface area contributed by atoms with Gasteiger partial charge in [-0.05, 0) is 33.6 Å². The minimum atomic E-state index is -0.469. The summed E-state index contributed by atoms with van der Waals surface area (Å²) in [5.41, 5.74) is 0.625. The average molecular weight is 267 g/mol. The SMILES string of the molecule is COC(=O)/C=C1/CC2CC1CN2C(=O)OC(C)(C)C. The lowest BCUT2D eigenvalue weighted by molar-refractivity contribution is -0.134. The number of methoxy groups -OCH3 is 1. The first-order valence-electron chi connectivity index (χ1n) is 6.58. The standard InChI is InChI=1S/C14H21NO4/c1-14(2,3)19-13(17)15-8-10-6-11(15)5-9(10)7-12(16)18-4/h7,10-11H,5-6,8H2,1-4H3/b9-7-. The molecule has 19 heavy (non-hydrogen) atoms. The number of carbonyl (C=O) groups excluding carboxylic acids is 2. The van der Waals surface area contributed by atoms with Gasteiger partial charge in [-0.3, -0.25) is 0 Å². The molecule has 2 atom stereocenters. The van der Waals surface area contributed by atoms with Gasteiger partial charge in [0.15, 0.2) is 0 Å². The molecule has 1 aliphatic heterocycles. The lowest BCUT2D eigenvalue weighted by Gasteiger charge is -2.30. The summed E-state index contributed by atoms with van der Waals surface area (Å²) in [6.45, 7) is 6.23. The third kappa shape index (κ3) is 3.08. The molecular weight excluding hydrogens is 246 g/mol. The van der Waals surface area contributed by atoms with Gasteiger partial charge < -0.3 is 14.4 Å². The summed E-state index contributed by atoms with van der Waals surface area (Å²) >= 11 is 0. The molecule has 1 heterocycles. The Bertz CT molecular complexity index is 422. The highest BCUT2D eigenvalue weighted by Gasteiger charge is 2.44. The molecule has 2 fully saturated rings. The smallest absolute Gasteiger partial charge is 0.410 e. The predicted octanol–water partition coefficient (Wildman–Crippen LogP) is 2.12. The first-order valence-corrected chi connectivity index (χ1v) is 6.58. The fourth-order valence-corrected chi connectivity index (χ4v) is 2.75. The number of hydrogen-bond donors (Lipinski definition) is 0. The maximum absolute atomic E-state index is 12.0. The van der Waals surface area contributed by atoms with Crippen molar-refractivity contribution in [2.45, 2.75) is 45.3 Å². The van der Waals surface area contributed by atoms with Crippen molar-refractivity contribution in [3.8, 4) is 0 Å². The topological polar surface area (TPSA) is 55.8 Å². The molecule has 2 bridgehead atoms. The molecule has 0 aromatic rings. The molecule has 1 saturated heterocycles. The van der Waals surface area contributed by atoms with Crippen molar-refractivity contribution >= 4 is 12.1 Å².